The van der Waals surface area contributed by atoms with Crippen molar-refractivity contribution < 1.29 is 4.79 Å². The van der Waals surface area contributed by atoms with E-state index in [1.807, 2.05) is 36.2 Å². The van der Waals surface area contributed by atoms with E-state index in [4.69, 9.17) is 11.6 Å². The van der Waals surface area contributed by atoms with Crippen molar-refractivity contribution in [2.45, 2.75) is 31.8 Å². The predicted octanol–water partition coefficient (Wildman–Crippen LogP) is 3.97. The molecular formula is C20H23ClN2O. The molecule has 24 heavy (non-hydrogen) atoms. The number of rotatable bonds is 5. The third-order valence-electron chi connectivity index (χ3n) is 4.46. The Balaban J connectivity index is 1.56. The number of benzene rings is 2. The van der Waals surface area contributed by atoms with Crippen LogP contribution in [0, 0.1) is 0 Å². The van der Waals surface area contributed by atoms with Gasteiger partial charge in [-0.3, -0.25) is 9.69 Å². The predicted molar refractivity (Wildman–Crippen MR) is 98.0 cm³/mol. The summed E-state index contributed by atoms with van der Waals surface area (Å²) in [6.45, 7) is 1.08. The summed E-state index contributed by atoms with van der Waals surface area (Å²) in [4.78, 5) is 14.4. The van der Waals surface area contributed by atoms with Crippen LogP contribution in [0.25, 0.3) is 0 Å². The van der Waals surface area contributed by atoms with Gasteiger partial charge in [-0.2, -0.15) is 0 Å². The van der Waals surface area contributed by atoms with Gasteiger partial charge in [-0.15, -0.1) is 0 Å². The van der Waals surface area contributed by atoms with E-state index in [0.29, 0.717) is 13.1 Å². The number of aryl methyl sites for hydroxylation is 1. The van der Waals surface area contributed by atoms with Crippen molar-refractivity contribution in [3.05, 3.63) is 70.2 Å². The molecule has 2 aromatic rings. The number of halogens is 1. The Kier molecular flexibility index (Phi) is 5.54. The summed E-state index contributed by atoms with van der Waals surface area (Å²) >= 11 is 6.01. The lowest BCUT2D eigenvalue weighted by molar-refractivity contribution is -0.122. The van der Waals surface area contributed by atoms with Crippen LogP contribution in [0.5, 0.6) is 0 Å². The molecule has 1 unspecified atom stereocenters. The van der Waals surface area contributed by atoms with Crippen molar-refractivity contribution in [3.63, 3.8) is 0 Å². The second kappa shape index (κ2) is 7.82. The highest BCUT2D eigenvalue weighted by atomic mass is 35.5. The maximum absolute atomic E-state index is 12.4. The number of carbonyl (C=O) groups is 1. The lowest BCUT2D eigenvalue weighted by atomic mass is 9.88. The van der Waals surface area contributed by atoms with Crippen LogP contribution < -0.4 is 5.32 Å². The first-order chi connectivity index (χ1) is 11.6. The highest BCUT2D eigenvalue weighted by Gasteiger charge is 2.21. The normalized spacial score (nSPS) is 16.7. The summed E-state index contributed by atoms with van der Waals surface area (Å²) in [5, 5.41) is 3.92. The Bertz CT molecular complexity index is 716. The van der Waals surface area contributed by atoms with Crippen LogP contribution in [-0.4, -0.2) is 24.4 Å². The van der Waals surface area contributed by atoms with E-state index < -0.39 is 0 Å². The van der Waals surface area contributed by atoms with Gasteiger partial charge in [-0.05, 0) is 55.1 Å². The quantitative estimate of drug-likeness (QED) is 0.891. The average molecular weight is 343 g/mol. The van der Waals surface area contributed by atoms with Crippen LogP contribution in [-0.2, 0) is 17.8 Å². The third-order valence-corrected chi connectivity index (χ3v) is 4.69. The molecule has 3 nitrogen and oxygen atoms in total. The van der Waals surface area contributed by atoms with Crippen LogP contribution in [0.3, 0.4) is 0 Å². The zero-order chi connectivity index (χ0) is 16.9. The summed E-state index contributed by atoms with van der Waals surface area (Å²) in [6, 6.07) is 16.3. The van der Waals surface area contributed by atoms with E-state index in [2.05, 4.69) is 29.6 Å². The van der Waals surface area contributed by atoms with Gasteiger partial charge >= 0.3 is 0 Å². The number of nitrogens with one attached hydrogen (secondary N) is 1. The Morgan fingerprint density at radius 2 is 2.08 bits per heavy atom. The van der Waals surface area contributed by atoms with Gasteiger partial charge < -0.3 is 5.32 Å². The molecule has 1 atom stereocenters. The second-order valence-electron chi connectivity index (χ2n) is 6.51. The molecule has 0 fully saturated rings. The molecule has 126 valence electrons. The van der Waals surface area contributed by atoms with Crippen LogP contribution in [0.4, 0.5) is 0 Å². The van der Waals surface area contributed by atoms with Crippen molar-refractivity contribution in [2.24, 2.45) is 0 Å². The third kappa shape index (κ3) is 4.37. The lowest BCUT2D eigenvalue weighted by Gasteiger charge is -2.27. The Labute approximate surface area is 148 Å². The topological polar surface area (TPSA) is 32.3 Å². The molecule has 1 amide bonds. The molecule has 2 aromatic carbocycles. The minimum Gasteiger partial charge on any atom is -0.348 e. The SMILES string of the molecule is CN(CC(=O)NC1CCCc2ccccc21)Cc1cccc(Cl)c1. The second-order valence-corrected chi connectivity index (χ2v) is 6.95. The highest BCUT2D eigenvalue weighted by Crippen LogP contribution is 2.29. The summed E-state index contributed by atoms with van der Waals surface area (Å²) in [6.07, 6.45) is 3.25. The first-order valence-corrected chi connectivity index (χ1v) is 8.80. The van der Waals surface area contributed by atoms with E-state index >= 15 is 0 Å². The molecule has 0 spiro atoms. The zero-order valence-electron chi connectivity index (χ0n) is 14.0. The fourth-order valence-corrected chi connectivity index (χ4v) is 3.60. The molecule has 4 heteroatoms. The average Bonchev–Trinajstić information content (AvgIpc) is 2.55. The fraction of sp³-hybridized carbons (Fsp3) is 0.350. The van der Waals surface area contributed by atoms with Crippen molar-refractivity contribution in [1.82, 2.24) is 10.2 Å². The molecule has 0 aliphatic heterocycles. The van der Waals surface area contributed by atoms with Crippen molar-refractivity contribution in [3.8, 4) is 0 Å². The zero-order valence-corrected chi connectivity index (χ0v) is 14.7. The van der Waals surface area contributed by atoms with E-state index in [9.17, 15) is 4.79 Å². The van der Waals surface area contributed by atoms with Gasteiger partial charge in [0.1, 0.15) is 0 Å². The van der Waals surface area contributed by atoms with E-state index in [1.165, 1.54) is 11.1 Å². The van der Waals surface area contributed by atoms with Gasteiger partial charge in [0, 0.05) is 11.6 Å². The van der Waals surface area contributed by atoms with Gasteiger partial charge in [-0.1, -0.05) is 48.0 Å². The first-order valence-electron chi connectivity index (χ1n) is 8.42. The molecule has 3 rings (SSSR count). The van der Waals surface area contributed by atoms with Crippen LogP contribution in [0.1, 0.15) is 35.6 Å². The van der Waals surface area contributed by atoms with Gasteiger partial charge in [0.25, 0.3) is 0 Å². The number of fused-ring (bicyclic) bond motifs is 1. The van der Waals surface area contributed by atoms with Gasteiger partial charge in [0.2, 0.25) is 5.91 Å². The smallest absolute Gasteiger partial charge is 0.234 e. The monoisotopic (exact) mass is 342 g/mol. The number of carbonyl (C=O) groups excluding carboxylic acids is 1. The number of hydrogen-bond acceptors (Lipinski definition) is 2. The Morgan fingerprint density at radius 3 is 2.92 bits per heavy atom. The minimum atomic E-state index is 0.0706. The lowest BCUT2D eigenvalue weighted by Crippen LogP contribution is -2.38. The maximum atomic E-state index is 12.4. The first kappa shape index (κ1) is 17.0. The molecule has 0 aromatic heterocycles. The van der Waals surface area contributed by atoms with Gasteiger partial charge in [0.15, 0.2) is 0 Å². The fourth-order valence-electron chi connectivity index (χ4n) is 3.39. The number of likely N-dealkylation sites (N-methyl/N-ethyl adjacent to an activating group) is 1. The summed E-state index contributed by atoms with van der Waals surface area (Å²) < 4.78 is 0. The standard InChI is InChI=1S/C20H23ClN2O/c1-23(13-15-6-4-9-17(21)12-15)14-20(24)22-19-11-5-8-16-7-2-3-10-18(16)19/h2-4,6-7,9-10,12,19H,5,8,11,13-14H2,1H3,(H,22,24). The number of hydrogen-bond donors (Lipinski definition) is 1. The van der Waals surface area contributed by atoms with Crippen LogP contribution in [0.15, 0.2) is 48.5 Å². The number of amides is 1. The van der Waals surface area contributed by atoms with Crippen molar-refractivity contribution >= 4 is 17.5 Å². The largest absolute Gasteiger partial charge is 0.348 e. The maximum Gasteiger partial charge on any atom is 0.234 e. The molecule has 0 saturated carbocycles. The minimum absolute atomic E-state index is 0.0706. The molecule has 1 N–H and O–H groups in total. The van der Waals surface area contributed by atoms with Gasteiger partial charge in [0.05, 0.1) is 12.6 Å². The molecule has 1 aliphatic carbocycles. The van der Waals surface area contributed by atoms with Gasteiger partial charge in [-0.25, -0.2) is 0 Å². The molecule has 0 bridgehead atoms. The number of nitrogens with zero attached hydrogens (tertiary/aromatic N) is 1. The highest BCUT2D eigenvalue weighted by molar-refractivity contribution is 6.30. The molecule has 0 saturated heterocycles. The van der Waals surface area contributed by atoms with Crippen molar-refractivity contribution in [2.75, 3.05) is 13.6 Å². The summed E-state index contributed by atoms with van der Waals surface area (Å²) in [5.74, 6) is 0.0706. The molecule has 1 aliphatic rings. The van der Waals surface area contributed by atoms with E-state index in [0.717, 1.165) is 29.8 Å². The van der Waals surface area contributed by atoms with E-state index in [1.54, 1.807) is 0 Å². The Hall–Kier alpha value is -1.84. The Morgan fingerprint density at radius 1 is 1.25 bits per heavy atom. The molecular weight excluding hydrogens is 320 g/mol. The summed E-state index contributed by atoms with van der Waals surface area (Å²) in [7, 11) is 1.95. The molecule has 0 heterocycles. The molecule has 0 radical (unpaired) electrons. The summed E-state index contributed by atoms with van der Waals surface area (Å²) in [5.41, 5.74) is 3.75. The van der Waals surface area contributed by atoms with Crippen molar-refractivity contribution in [1.29, 1.82) is 0 Å². The van der Waals surface area contributed by atoms with E-state index in [-0.39, 0.29) is 11.9 Å². The van der Waals surface area contributed by atoms with Crippen LogP contribution in [0.2, 0.25) is 5.02 Å². The van der Waals surface area contributed by atoms with Crippen LogP contribution >= 0.6 is 11.6 Å².